The number of pyridine rings is 1. The van der Waals surface area contributed by atoms with Crippen LogP contribution in [0.3, 0.4) is 0 Å². The standard InChI is InChI=1S/C31H29ClF2N4O5/c1-17-3-2-4-26(38-12-10-19(14-28(38)39)23-15-20(32)5-8-27(23)43-30(33)34)25-13-18(9-11-35-25)22-7-6-21(36-31(41)42)16-24(22)37-29(17)40/h5-9,11,13-17,26,30,36H,2-4,10,12H2,1H3,(H,37,40)(H,41,42)/t17-,26+/m1/s1. The fourth-order valence-corrected chi connectivity index (χ4v) is 5.67. The number of halogens is 3. The first-order valence-corrected chi connectivity index (χ1v) is 14.1. The van der Waals surface area contributed by atoms with Crippen LogP contribution in [0.25, 0.3) is 16.7 Å². The van der Waals surface area contributed by atoms with Crippen LogP contribution in [-0.4, -0.2) is 46.1 Å². The molecule has 0 radical (unpaired) electrons. The molecule has 0 fully saturated rings. The van der Waals surface area contributed by atoms with Crippen molar-refractivity contribution in [3.05, 3.63) is 77.1 Å². The van der Waals surface area contributed by atoms with Crippen LogP contribution in [0.1, 0.15) is 49.9 Å². The summed E-state index contributed by atoms with van der Waals surface area (Å²) in [5, 5.41) is 14.7. The summed E-state index contributed by atoms with van der Waals surface area (Å²) < 4.78 is 30.8. The smallest absolute Gasteiger partial charge is 0.409 e. The maximum Gasteiger partial charge on any atom is 0.409 e. The number of fused-ring (bicyclic) bond motifs is 4. The Morgan fingerprint density at radius 3 is 2.70 bits per heavy atom. The van der Waals surface area contributed by atoms with E-state index in [2.05, 4.69) is 20.4 Å². The van der Waals surface area contributed by atoms with E-state index in [1.165, 1.54) is 24.3 Å². The minimum atomic E-state index is -3.03. The van der Waals surface area contributed by atoms with Gasteiger partial charge in [-0.3, -0.25) is 19.9 Å². The quantitative estimate of drug-likeness (QED) is 0.281. The minimum Gasteiger partial charge on any atom is -0.465 e. The Morgan fingerprint density at radius 1 is 1.14 bits per heavy atom. The Kier molecular flexibility index (Phi) is 8.91. The third-order valence-electron chi connectivity index (χ3n) is 7.61. The predicted molar refractivity (Wildman–Crippen MR) is 158 cm³/mol. The van der Waals surface area contributed by atoms with Gasteiger partial charge in [0.05, 0.1) is 17.4 Å². The zero-order chi connectivity index (χ0) is 30.7. The van der Waals surface area contributed by atoms with Gasteiger partial charge in [0.25, 0.3) is 0 Å². The first-order chi connectivity index (χ1) is 20.6. The van der Waals surface area contributed by atoms with Gasteiger partial charge in [-0.15, -0.1) is 0 Å². The number of nitrogens with one attached hydrogen (secondary N) is 2. The van der Waals surface area contributed by atoms with Crippen molar-refractivity contribution in [3.63, 3.8) is 0 Å². The van der Waals surface area contributed by atoms with Gasteiger partial charge in [-0.2, -0.15) is 8.78 Å². The van der Waals surface area contributed by atoms with Crippen molar-refractivity contribution in [3.8, 4) is 16.9 Å². The van der Waals surface area contributed by atoms with Crippen molar-refractivity contribution in [2.24, 2.45) is 5.92 Å². The summed E-state index contributed by atoms with van der Waals surface area (Å²) in [7, 11) is 0. The molecule has 0 saturated heterocycles. The number of hydrogen-bond donors (Lipinski definition) is 3. The summed E-state index contributed by atoms with van der Waals surface area (Å²) in [5.41, 5.74) is 3.69. The molecular weight excluding hydrogens is 582 g/mol. The second-order valence-electron chi connectivity index (χ2n) is 10.5. The molecule has 2 aromatic carbocycles. The van der Waals surface area contributed by atoms with E-state index < -0.39 is 18.7 Å². The Bertz CT molecular complexity index is 1600. The molecule has 3 aromatic rings. The van der Waals surface area contributed by atoms with Gasteiger partial charge >= 0.3 is 12.7 Å². The number of anilines is 2. The van der Waals surface area contributed by atoms with Crippen molar-refractivity contribution in [1.29, 1.82) is 0 Å². The SMILES string of the molecule is C[C@@H]1CCC[C@H](N2CCC(c3cc(Cl)ccc3OC(F)F)=CC2=O)c2cc(ccn2)-c2ccc(NC(=O)O)cc2NC1=O. The van der Waals surface area contributed by atoms with Crippen LogP contribution in [0.15, 0.2) is 60.8 Å². The minimum absolute atomic E-state index is 0.0556. The maximum atomic E-state index is 13.6. The predicted octanol–water partition coefficient (Wildman–Crippen LogP) is 7.21. The Morgan fingerprint density at radius 2 is 1.95 bits per heavy atom. The van der Waals surface area contributed by atoms with Gasteiger partial charge in [-0.25, -0.2) is 4.79 Å². The van der Waals surface area contributed by atoms with Gasteiger partial charge in [0.1, 0.15) is 5.75 Å². The molecule has 3 N–H and O–H groups in total. The van der Waals surface area contributed by atoms with E-state index in [1.807, 2.05) is 13.0 Å². The van der Waals surface area contributed by atoms with Crippen LogP contribution < -0.4 is 15.4 Å². The number of rotatable bonds is 5. The molecule has 2 aliphatic heterocycles. The third kappa shape index (κ3) is 6.94. The lowest BCUT2D eigenvalue weighted by atomic mass is 9.92. The van der Waals surface area contributed by atoms with E-state index in [0.717, 1.165) is 5.56 Å². The third-order valence-corrected chi connectivity index (χ3v) is 7.84. The maximum absolute atomic E-state index is 13.6. The fourth-order valence-electron chi connectivity index (χ4n) is 5.50. The van der Waals surface area contributed by atoms with Crippen molar-refractivity contribution >= 4 is 46.5 Å². The molecule has 0 aliphatic carbocycles. The van der Waals surface area contributed by atoms with E-state index in [-0.39, 0.29) is 23.5 Å². The normalized spacial score (nSPS) is 19.0. The van der Waals surface area contributed by atoms with Gasteiger partial charge in [0, 0.05) is 46.6 Å². The number of benzene rings is 2. The first kappa shape index (κ1) is 30.0. The summed E-state index contributed by atoms with van der Waals surface area (Å²) in [5.74, 6) is -0.913. The topological polar surface area (TPSA) is 121 Å². The molecule has 5 rings (SSSR count). The second-order valence-corrected chi connectivity index (χ2v) is 10.9. The molecule has 3 amide bonds. The number of hydrogen-bond acceptors (Lipinski definition) is 5. The van der Waals surface area contributed by atoms with Crippen molar-refractivity contribution in [2.75, 3.05) is 17.2 Å². The Labute approximate surface area is 251 Å². The average Bonchev–Trinajstić information content (AvgIpc) is 2.95. The number of aromatic nitrogens is 1. The van der Waals surface area contributed by atoms with Crippen LogP contribution >= 0.6 is 11.6 Å². The molecule has 0 unspecified atom stereocenters. The second kappa shape index (κ2) is 12.8. The highest BCUT2D eigenvalue weighted by Crippen LogP contribution is 2.39. The van der Waals surface area contributed by atoms with Gasteiger partial charge < -0.3 is 20.1 Å². The van der Waals surface area contributed by atoms with E-state index >= 15 is 0 Å². The van der Waals surface area contributed by atoms with Gasteiger partial charge in [0.15, 0.2) is 0 Å². The highest BCUT2D eigenvalue weighted by atomic mass is 35.5. The van der Waals surface area contributed by atoms with E-state index in [9.17, 15) is 23.2 Å². The average molecular weight is 611 g/mol. The molecular formula is C31H29ClF2N4O5. The van der Waals surface area contributed by atoms with Crippen LogP contribution in [0, 0.1) is 5.92 Å². The molecule has 0 spiro atoms. The molecule has 9 nitrogen and oxygen atoms in total. The lowest BCUT2D eigenvalue weighted by Crippen LogP contribution is -2.38. The van der Waals surface area contributed by atoms with E-state index in [0.29, 0.717) is 71.0 Å². The number of amides is 3. The Balaban J connectivity index is 1.51. The van der Waals surface area contributed by atoms with E-state index in [1.54, 1.807) is 35.4 Å². The highest BCUT2D eigenvalue weighted by Gasteiger charge is 2.31. The fraction of sp³-hybridized carbons (Fsp3) is 0.290. The number of carbonyl (C=O) groups excluding carboxylic acids is 2. The number of nitrogens with zero attached hydrogens (tertiary/aromatic N) is 2. The van der Waals surface area contributed by atoms with Crippen molar-refractivity contribution < 1.29 is 33.0 Å². The van der Waals surface area contributed by atoms with Crippen LogP contribution in [0.5, 0.6) is 5.75 Å². The summed E-state index contributed by atoms with van der Waals surface area (Å²) >= 11 is 6.14. The Hall–Kier alpha value is -4.51. The lowest BCUT2D eigenvalue weighted by Gasteiger charge is -2.35. The van der Waals surface area contributed by atoms with Crippen LogP contribution in [0.2, 0.25) is 5.02 Å². The molecule has 3 heterocycles. The molecule has 2 atom stereocenters. The number of carboxylic acid groups (broad SMARTS) is 1. The van der Waals surface area contributed by atoms with Crippen molar-refractivity contribution in [2.45, 2.75) is 45.3 Å². The molecule has 43 heavy (non-hydrogen) atoms. The molecule has 1 aromatic heterocycles. The zero-order valence-electron chi connectivity index (χ0n) is 23.1. The zero-order valence-corrected chi connectivity index (χ0v) is 23.9. The lowest BCUT2D eigenvalue weighted by molar-refractivity contribution is -0.129. The highest BCUT2D eigenvalue weighted by molar-refractivity contribution is 6.30. The van der Waals surface area contributed by atoms with Crippen LogP contribution in [0.4, 0.5) is 25.0 Å². The largest absolute Gasteiger partial charge is 0.465 e. The molecule has 224 valence electrons. The summed E-state index contributed by atoms with van der Waals surface area (Å²) in [6.45, 7) is -0.906. The first-order valence-electron chi connectivity index (χ1n) is 13.8. The monoisotopic (exact) mass is 610 g/mol. The number of ether oxygens (including phenoxy) is 1. The molecule has 2 bridgehead atoms. The van der Waals surface area contributed by atoms with Gasteiger partial charge in [-0.1, -0.05) is 31.0 Å². The summed E-state index contributed by atoms with van der Waals surface area (Å²) in [6, 6.07) is 12.5. The van der Waals surface area contributed by atoms with Crippen molar-refractivity contribution in [1.82, 2.24) is 9.88 Å². The van der Waals surface area contributed by atoms with E-state index in [4.69, 9.17) is 16.7 Å². The number of carbonyl (C=O) groups is 3. The van der Waals surface area contributed by atoms with Gasteiger partial charge in [0.2, 0.25) is 11.8 Å². The summed E-state index contributed by atoms with van der Waals surface area (Å²) in [4.78, 5) is 44.2. The molecule has 2 aliphatic rings. The number of alkyl halides is 2. The molecule has 0 saturated carbocycles. The van der Waals surface area contributed by atoms with Gasteiger partial charge in [-0.05, 0) is 72.9 Å². The van der Waals surface area contributed by atoms with Crippen LogP contribution in [-0.2, 0) is 9.59 Å². The summed E-state index contributed by atoms with van der Waals surface area (Å²) in [6.07, 6.45) is 3.94. The molecule has 12 heteroatoms.